The summed E-state index contributed by atoms with van der Waals surface area (Å²) in [5.74, 6) is 0.431. The smallest absolute Gasteiger partial charge is 0.287 e. The molecule has 1 amide bonds. The molecular formula is C20H20F2N2O4. The molecule has 1 aliphatic rings. The first kappa shape index (κ1) is 19.8. The number of nitrogens with zero attached hydrogens (tertiary/aromatic N) is 2. The van der Waals surface area contributed by atoms with Crippen molar-refractivity contribution in [3.8, 4) is 11.5 Å². The summed E-state index contributed by atoms with van der Waals surface area (Å²) < 4.78 is 37.5. The molecule has 1 heterocycles. The predicted molar refractivity (Wildman–Crippen MR) is 98.6 cm³/mol. The second-order valence-corrected chi connectivity index (χ2v) is 6.48. The van der Waals surface area contributed by atoms with Gasteiger partial charge in [0.1, 0.15) is 18.1 Å². The van der Waals surface area contributed by atoms with Gasteiger partial charge in [-0.2, -0.15) is 10.1 Å². The second kappa shape index (κ2) is 7.93. The van der Waals surface area contributed by atoms with Crippen molar-refractivity contribution in [2.45, 2.75) is 32.1 Å². The Morgan fingerprint density at radius 1 is 1.25 bits per heavy atom. The third kappa shape index (κ3) is 3.96. The molecule has 0 aromatic heterocycles. The van der Waals surface area contributed by atoms with Crippen LogP contribution in [-0.4, -0.2) is 41.0 Å². The van der Waals surface area contributed by atoms with Crippen molar-refractivity contribution < 1.29 is 28.2 Å². The van der Waals surface area contributed by atoms with Crippen molar-refractivity contribution in [2.24, 2.45) is 5.10 Å². The van der Waals surface area contributed by atoms with Gasteiger partial charge in [0.15, 0.2) is 0 Å². The van der Waals surface area contributed by atoms with Gasteiger partial charge in [-0.1, -0.05) is 18.2 Å². The van der Waals surface area contributed by atoms with Crippen LogP contribution in [0.2, 0.25) is 0 Å². The maximum absolute atomic E-state index is 13.3. The number of rotatable bonds is 6. The van der Waals surface area contributed by atoms with Crippen LogP contribution in [0, 0.1) is 0 Å². The number of amides is 1. The number of methoxy groups -OCH3 is 1. The van der Waals surface area contributed by atoms with E-state index < -0.39 is 24.5 Å². The number of benzene rings is 2. The van der Waals surface area contributed by atoms with Crippen molar-refractivity contribution in [1.82, 2.24) is 5.01 Å². The van der Waals surface area contributed by atoms with Gasteiger partial charge < -0.3 is 14.6 Å². The van der Waals surface area contributed by atoms with Crippen LogP contribution in [0.5, 0.6) is 11.5 Å². The summed E-state index contributed by atoms with van der Waals surface area (Å²) in [4.78, 5) is 12.7. The molecule has 0 saturated carbocycles. The van der Waals surface area contributed by atoms with Gasteiger partial charge in [-0.3, -0.25) is 4.79 Å². The lowest BCUT2D eigenvalue weighted by Crippen LogP contribution is -2.51. The third-order valence-corrected chi connectivity index (χ3v) is 4.32. The quantitative estimate of drug-likeness (QED) is 0.820. The summed E-state index contributed by atoms with van der Waals surface area (Å²) in [5, 5.41) is 14.5. The Labute approximate surface area is 161 Å². The monoisotopic (exact) mass is 390 g/mol. The van der Waals surface area contributed by atoms with E-state index in [0.29, 0.717) is 22.1 Å². The molecule has 0 spiro atoms. The average molecular weight is 390 g/mol. The summed E-state index contributed by atoms with van der Waals surface area (Å²) in [6.07, 6.45) is -3.54. The normalized spacial score (nSPS) is 18.9. The minimum Gasteiger partial charge on any atom is -0.497 e. The van der Waals surface area contributed by atoms with E-state index in [1.807, 2.05) is 0 Å². The van der Waals surface area contributed by atoms with Gasteiger partial charge in [0.25, 0.3) is 12.3 Å². The van der Waals surface area contributed by atoms with Crippen LogP contribution in [0.4, 0.5) is 8.78 Å². The summed E-state index contributed by atoms with van der Waals surface area (Å²) in [5.41, 5.74) is -1.58. The fourth-order valence-electron chi connectivity index (χ4n) is 2.91. The summed E-state index contributed by atoms with van der Waals surface area (Å²) in [6.45, 7) is 1.65. The molecule has 0 aliphatic carbocycles. The number of carbonyl (C=O) groups excluding carboxylic acids is 1. The minimum absolute atomic E-state index is 0.129. The van der Waals surface area contributed by atoms with Crippen molar-refractivity contribution >= 4 is 11.6 Å². The standard InChI is InChI=1S/C20H20F2N2O4/c1-13-11-20(26,19(21)22)24(23-13)18(25)15-6-3-5-14(9-15)12-28-17-8-4-7-16(10-17)27-2/h3-10,19,26H,11-12H2,1-2H3/t20-/m1/s1. The first-order chi connectivity index (χ1) is 13.3. The van der Waals surface area contributed by atoms with Crippen molar-refractivity contribution in [3.05, 3.63) is 59.7 Å². The predicted octanol–water partition coefficient (Wildman–Crippen LogP) is 3.45. The van der Waals surface area contributed by atoms with Crippen molar-refractivity contribution in [1.29, 1.82) is 0 Å². The van der Waals surface area contributed by atoms with Gasteiger partial charge in [-0.15, -0.1) is 0 Å². The SMILES string of the molecule is COc1cccc(OCc2cccc(C(=O)N3N=C(C)C[C@@]3(O)C(F)F)c2)c1. The molecule has 0 radical (unpaired) electrons. The van der Waals surface area contributed by atoms with Crippen LogP contribution in [0.3, 0.4) is 0 Å². The van der Waals surface area contributed by atoms with Crippen molar-refractivity contribution in [2.75, 3.05) is 7.11 Å². The number of alkyl halides is 2. The van der Waals surface area contributed by atoms with E-state index in [1.54, 1.807) is 43.5 Å². The minimum atomic E-state index is -3.14. The molecule has 1 aliphatic heterocycles. The number of hydrogen-bond donors (Lipinski definition) is 1. The maximum atomic E-state index is 13.3. The molecule has 8 heteroatoms. The molecule has 3 rings (SSSR count). The van der Waals surface area contributed by atoms with Gasteiger partial charge in [-0.25, -0.2) is 8.78 Å². The Hall–Kier alpha value is -3.00. The Bertz CT molecular complexity index is 903. The number of aliphatic hydroxyl groups is 1. The highest BCUT2D eigenvalue weighted by Gasteiger charge is 2.51. The van der Waals surface area contributed by atoms with Gasteiger partial charge in [-0.05, 0) is 36.8 Å². The number of carbonyl (C=O) groups is 1. The molecule has 1 atom stereocenters. The van der Waals surface area contributed by atoms with Crippen LogP contribution >= 0.6 is 0 Å². The van der Waals surface area contributed by atoms with E-state index >= 15 is 0 Å². The summed E-state index contributed by atoms with van der Waals surface area (Å²) >= 11 is 0. The topological polar surface area (TPSA) is 71.4 Å². The van der Waals surface area contributed by atoms with E-state index in [-0.39, 0.29) is 17.9 Å². The molecule has 0 fully saturated rings. The van der Waals surface area contributed by atoms with Gasteiger partial charge in [0, 0.05) is 23.8 Å². The molecule has 2 aromatic rings. The molecule has 2 aromatic carbocycles. The van der Waals surface area contributed by atoms with Gasteiger partial charge >= 0.3 is 0 Å². The zero-order valence-electron chi connectivity index (χ0n) is 15.4. The lowest BCUT2D eigenvalue weighted by molar-refractivity contribution is -0.164. The van der Waals surface area contributed by atoms with Gasteiger partial charge in [0.05, 0.1) is 7.11 Å². The Morgan fingerprint density at radius 3 is 2.68 bits per heavy atom. The van der Waals surface area contributed by atoms with Crippen molar-refractivity contribution in [3.63, 3.8) is 0 Å². The van der Waals surface area contributed by atoms with Gasteiger partial charge in [0.2, 0.25) is 5.72 Å². The van der Waals surface area contributed by atoms with E-state index in [1.165, 1.54) is 19.1 Å². The highest BCUT2D eigenvalue weighted by Crippen LogP contribution is 2.32. The van der Waals surface area contributed by atoms with E-state index in [2.05, 4.69) is 5.10 Å². The first-order valence-corrected chi connectivity index (χ1v) is 8.58. The zero-order valence-corrected chi connectivity index (χ0v) is 15.4. The lowest BCUT2D eigenvalue weighted by atomic mass is 10.1. The molecule has 28 heavy (non-hydrogen) atoms. The fourth-order valence-corrected chi connectivity index (χ4v) is 2.91. The van der Waals surface area contributed by atoms with E-state index in [0.717, 1.165) is 0 Å². The number of halogens is 2. The molecule has 1 N–H and O–H groups in total. The Kier molecular flexibility index (Phi) is 5.60. The highest BCUT2D eigenvalue weighted by atomic mass is 19.3. The second-order valence-electron chi connectivity index (χ2n) is 6.48. The molecular weight excluding hydrogens is 370 g/mol. The van der Waals surface area contributed by atoms with Crippen LogP contribution in [0.15, 0.2) is 53.6 Å². The van der Waals surface area contributed by atoms with E-state index in [4.69, 9.17) is 9.47 Å². The summed E-state index contributed by atoms with van der Waals surface area (Å²) in [6, 6.07) is 13.4. The van der Waals surface area contributed by atoms with E-state index in [9.17, 15) is 18.7 Å². The lowest BCUT2D eigenvalue weighted by Gasteiger charge is -2.30. The van der Waals surface area contributed by atoms with Crippen LogP contribution in [0.25, 0.3) is 0 Å². The zero-order chi connectivity index (χ0) is 20.3. The Balaban J connectivity index is 1.76. The largest absolute Gasteiger partial charge is 0.497 e. The molecule has 6 nitrogen and oxygen atoms in total. The summed E-state index contributed by atoms with van der Waals surface area (Å²) in [7, 11) is 1.55. The average Bonchev–Trinajstić information content (AvgIpc) is 3.02. The third-order valence-electron chi connectivity index (χ3n) is 4.32. The Morgan fingerprint density at radius 2 is 1.96 bits per heavy atom. The highest BCUT2D eigenvalue weighted by molar-refractivity contribution is 5.97. The molecule has 148 valence electrons. The number of ether oxygens (including phenoxy) is 2. The first-order valence-electron chi connectivity index (χ1n) is 8.58. The maximum Gasteiger partial charge on any atom is 0.287 e. The van der Waals surface area contributed by atoms with Crippen LogP contribution < -0.4 is 9.47 Å². The van der Waals surface area contributed by atoms with Crippen LogP contribution in [0.1, 0.15) is 29.3 Å². The fraction of sp³-hybridized carbons (Fsp3) is 0.300. The number of hydrogen-bond acceptors (Lipinski definition) is 5. The molecule has 0 bridgehead atoms. The molecule has 0 saturated heterocycles. The molecule has 0 unspecified atom stereocenters. The van der Waals surface area contributed by atoms with Crippen LogP contribution in [-0.2, 0) is 6.61 Å². The number of hydrazone groups is 1.